The molecular weight excluding hydrogens is 591 g/mol. The van der Waals surface area contributed by atoms with Crippen LogP contribution in [0.15, 0.2) is 48.5 Å². The number of hydrogen-bond donors (Lipinski definition) is 2. The minimum atomic E-state index is -4.54. The second-order valence-electron chi connectivity index (χ2n) is 10.7. The van der Waals surface area contributed by atoms with Crippen LogP contribution in [0.2, 0.25) is 0 Å². The average molecular weight is 630 g/mol. The maximum atomic E-state index is 13.4. The Balaban J connectivity index is 1.57. The SMILES string of the molecule is CCOC(=O)CCN1CCC[C@@H](Nc2nnc(-c3ccc(C(F)(F)F)cc3OC)c(C)c2CNC(=O)OCc2ccccc2)C1. The Bertz CT molecular complexity index is 1460. The van der Waals surface area contributed by atoms with Crippen molar-refractivity contribution in [2.75, 3.05) is 38.7 Å². The van der Waals surface area contributed by atoms with Gasteiger partial charge in [-0.05, 0) is 62.6 Å². The Morgan fingerprint density at radius 3 is 2.58 bits per heavy atom. The van der Waals surface area contributed by atoms with Gasteiger partial charge in [-0.25, -0.2) is 4.79 Å². The van der Waals surface area contributed by atoms with Crippen molar-refractivity contribution in [2.24, 2.45) is 0 Å². The molecule has 1 amide bonds. The van der Waals surface area contributed by atoms with Gasteiger partial charge in [0.25, 0.3) is 0 Å². The molecule has 2 N–H and O–H groups in total. The lowest BCUT2D eigenvalue weighted by atomic mass is 9.99. The second-order valence-corrected chi connectivity index (χ2v) is 10.7. The lowest BCUT2D eigenvalue weighted by molar-refractivity contribution is -0.143. The zero-order chi connectivity index (χ0) is 32.4. The van der Waals surface area contributed by atoms with Crippen LogP contribution in [0.4, 0.5) is 23.8 Å². The molecule has 1 aliphatic rings. The molecule has 0 bridgehead atoms. The number of alkyl carbamates (subject to hydrolysis) is 1. The van der Waals surface area contributed by atoms with Gasteiger partial charge in [0.15, 0.2) is 5.82 Å². The van der Waals surface area contributed by atoms with Gasteiger partial charge < -0.3 is 29.7 Å². The quantitative estimate of drug-likeness (QED) is 0.242. The summed E-state index contributed by atoms with van der Waals surface area (Å²) in [5.74, 6) is 0.187. The number of likely N-dealkylation sites (tertiary alicyclic amines) is 1. The van der Waals surface area contributed by atoms with Gasteiger partial charge in [-0.2, -0.15) is 13.2 Å². The van der Waals surface area contributed by atoms with Crippen molar-refractivity contribution in [2.45, 2.75) is 58.5 Å². The van der Waals surface area contributed by atoms with Gasteiger partial charge in [0.05, 0.1) is 32.2 Å². The Kier molecular flexibility index (Phi) is 11.6. The van der Waals surface area contributed by atoms with Crippen LogP contribution in [0.25, 0.3) is 11.3 Å². The van der Waals surface area contributed by atoms with Crippen molar-refractivity contribution >= 4 is 17.9 Å². The molecule has 3 aromatic rings. The summed E-state index contributed by atoms with van der Waals surface area (Å²) in [5.41, 5.74) is 1.84. The van der Waals surface area contributed by atoms with Crippen LogP contribution in [-0.2, 0) is 33.6 Å². The molecule has 0 unspecified atom stereocenters. The van der Waals surface area contributed by atoms with E-state index in [9.17, 15) is 22.8 Å². The fourth-order valence-electron chi connectivity index (χ4n) is 5.19. The first-order valence-electron chi connectivity index (χ1n) is 14.8. The number of alkyl halides is 3. The van der Waals surface area contributed by atoms with E-state index in [1.807, 2.05) is 30.3 Å². The highest BCUT2D eigenvalue weighted by molar-refractivity contribution is 5.74. The van der Waals surface area contributed by atoms with E-state index in [4.69, 9.17) is 14.2 Å². The predicted octanol–water partition coefficient (Wildman–Crippen LogP) is 5.74. The number of anilines is 1. The molecule has 1 fully saturated rings. The van der Waals surface area contributed by atoms with Crippen molar-refractivity contribution < 1.29 is 37.0 Å². The zero-order valence-corrected chi connectivity index (χ0v) is 25.6. The highest BCUT2D eigenvalue weighted by Gasteiger charge is 2.32. The fourth-order valence-corrected chi connectivity index (χ4v) is 5.19. The molecule has 1 aromatic heterocycles. The minimum Gasteiger partial charge on any atom is -0.496 e. The first-order valence-corrected chi connectivity index (χ1v) is 14.8. The summed E-state index contributed by atoms with van der Waals surface area (Å²) in [6.07, 6.45) is -3.15. The molecule has 1 saturated heterocycles. The molecule has 2 aromatic carbocycles. The molecule has 1 aliphatic heterocycles. The molecule has 10 nitrogen and oxygen atoms in total. The number of benzene rings is 2. The normalized spacial score (nSPS) is 15.3. The second kappa shape index (κ2) is 15.6. The molecule has 4 rings (SSSR count). The maximum Gasteiger partial charge on any atom is 0.416 e. The number of halogens is 3. The summed E-state index contributed by atoms with van der Waals surface area (Å²) in [6.45, 7) is 6.05. The third-order valence-corrected chi connectivity index (χ3v) is 7.53. The van der Waals surface area contributed by atoms with Gasteiger partial charge in [-0.15, -0.1) is 10.2 Å². The first-order chi connectivity index (χ1) is 21.6. The summed E-state index contributed by atoms with van der Waals surface area (Å²) in [7, 11) is 1.29. The van der Waals surface area contributed by atoms with E-state index in [0.29, 0.717) is 54.3 Å². The lowest BCUT2D eigenvalue weighted by Gasteiger charge is -2.33. The van der Waals surface area contributed by atoms with Crippen molar-refractivity contribution in [3.8, 4) is 17.0 Å². The summed E-state index contributed by atoms with van der Waals surface area (Å²) in [6, 6.07) is 12.4. The molecular formula is C32H38F3N5O5. The van der Waals surface area contributed by atoms with Gasteiger partial charge in [0.2, 0.25) is 0 Å². The monoisotopic (exact) mass is 629 g/mol. The van der Waals surface area contributed by atoms with E-state index in [1.165, 1.54) is 13.2 Å². The average Bonchev–Trinajstić information content (AvgIpc) is 3.03. The molecule has 13 heteroatoms. The van der Waals surface area contributed by atoms with E-state index in [2.05, 4.69) is 25.7 Å². The van der Waals surface area contributed by atoms with Crippen LogP contribution in [0, 0.1) is 6.92 Å². The van der Waals surface area contributed by atoms with Gasteiger partial charge in [-0.3, -0.25) is 4.79 Å². The van der Waals surface area contributed by atoms with Crippen molar-refractivity contribution in [3.05, 3.63) is 70.8 Å². The van der Waals surface area contributed by atoms with Gasteiger partial charge in [0, 0.05) is 30.3 Å². The fraction of sp³-hybridized carbons (Fsp3) is 0.438. The molecule has 2 heterocycles. The standard InChI is InChI=1S/C32H38F3N5O5/c1-4-44-28(41)14-16-40-15-8-11-24(19-40)37-30-26(18-36-31(42)45-20-22-9-6-5-7-10-22)21(2)29(38-39-30)25-13-12-23(32(33,34)35)17-27(25)43-3/h5-7,9-10,12-13,17,24H,4,8,11,14-16,18-20H2,1-3H3,(H,36,42)(H,37,39)/t24-/m1/s1. The summed E-state index contributed by atoms with van der Waals surface area (Å²) < 4.78 is 55.9. The Morgan fingerprint density at radius 1 is 1.09 bits per heavy atom. The van der Waals surface area contributed by atoms with Gasteiger partial charge >= 0.3 is 18.2 Å². The minimum absolute atomic E-state index is 0.00589. The third-order valence-electron chi connectivity index (χ3n) is 7.53. The van der Waals surface area contributed by atoms with E-state index in [-0.39, 0.29) is 30.9 Å². The van der Waals surface area contributed by atoms with Crippen LogP contribution in [0.1, 0.15) is 48.4 Å². The predicted molar refractivity (Wildman–Crippen MR) is 162 cm³/mol. The van der Waals surface area contributed by atoms with Crippen LogP contribution >= 0.6 is 0 Å². The summed E-state index contributed by atoms with van der Waals surface area (Å²) in [4.78, 5) is 26.7. The number of rotatable bonds is 12. The molecule has 0 saturated carbocycles. The van der Waals surface area contributed by atoms with Gasteiger partial charge in [-0.1, -0.05) is 30.3 Å². The van der Waals surface area contributed by atoms with E-state index < -0.39 is 17.8 Å². The highest BCUT2D eigenvalue weighted by atomic mass is 19.4. The number of amides is 1. The van der Waals surface area contributed by atoms with Crippen molar-refractivity contribution in [1.82, 2.24) is 20.4 Å². The number of nitrogens with one attached hydrogen (secondary N) is 2. The summed E-state index contributed by atoms with van der Waals surface area (Å²) in [5, 5.41) is 15.0. The smallest absolute Gasteiger partial charge is 0.416 e. The van der Waals surface area contributed by atoms with Crippen molar-refractivity contribution in [3.63, 3.8) is 0 Å². The largest absolute Gasteiger partial charge is 0.496 e. The zero-order valence-electron chi connectivity index (χ0n) is 25.6. The number of methoxy groups -OCH3 is 1. The van der Waals surface area contributed by atoms with E-state index in [1.54, 1.807) is 13.8 Å². The molecule has 0 aliphatic carbocycles. The topological polar surface area (TPSA) is 115 Å². The maximum absolute atomic E-state index is 13.4. The Morgan fingerprint density at radius 2 is 1.87 bits per heavy atom. The van der Waals surface area contributed by atoms with E-state index in [0.717, 1.165) is 37.1 Å². The molecule has 1 atom stereocenters. The number of hydrogen-bond acceptors (Lipinski definition) is 9. The van der Waals surface area contributed by atoms with Crippen molar-refractivity contribution in [1.29, 1.82) is 0 Å². The van der Waals surface area contributed by atoms with Crippen LogP contribution < -0.4 is 15.4 Å². The molecule has 0 spiro atoms. The lowest BCUT2D eigenvalue weighted by Crippen LogP contribution is -2.43. The first kappa shape index (κ1) is 33.5. The van der Waals surface area contributed by atoms with Crippen LogP contribution in [0.3, 0.4) is 0 Å². The number of ether oxygens (including phenoxy) is 3. The molecule has 242 valence electrons. The van der Waals surface area contributed by atoms with Crippen LogP contribution in [0.5, 0.6) is 5.75 Å². The highest BCUT2D eigenvalue weighted by Crippen LogP contribution is 2.38. The Hall–Kier alpha value is -4.39. The summed E-state index contributed by atoms with van der Waals surface area (Å²) >= 11 is 0. The Labute approximate surface area is 260 Å². The third kappa shape index (κ3) is 9.30. The van der Waals surface area contributed by atoms with Crippen LogP contribution in [-0.4, -0.2) is 66.6 Å². The number of piperidine rings is 1. The number of carbonyl (C=O) groups is 2. The number of esters is 1. The van der Waals surface area contributed by atoms with E-state index >= 15 is 0 Å². The number of carbonyl (C=O) groups excluding carboxylic acids is 2. The number of nitrogens with zero attached hydrogens (tertiary/aromatic N) is 3. The molecule has 45 heavy (non-hydrogen) atoms. The van der Waals surface area contributed by atoms with Gasteiger partial charge in [0.1, 0.15) is 18.1 Å². The number of aromatic nitrogens is 2. The molecule has 0 radical (unpaired) electrons.